The zero-order chi connectivity index (χ0) is 16.8. The van der Waals surface area contributed by atoms with Gasteiger partial charge in [-0.1, -0.05) is 6.07 Å². The minimum absolute atomic E-state index is 0.152. The van der Waals surface area contributed by atoms with Gasteiger partial charge in [0.05, 0.1) is 5.69 Å². The first kappa shape index (κ1) is 17.4. The van der Waals surface area contributed by atoms with Crippen molar-refractivity contribution >= 4 is 5.91 Å². The van der Waals surface area contributed by atoms with Crippen molar-refractivity contribution in [3.8, 4) is 0 Å². The quantitative estimate of drug-likeness (QED) is 0.831. The molecule has 24 heavy (non-hydrogen) atoms. The first-order valence-electron chi connectivity index (χ1n) is 9.19. The lowest BCUT2D eigenvalue weighted by atomic mass is 9.71. The Kier molecular flexibility index (Phi) is 5.85. The van der Waals surface area contributed by atoms with Gasteiger partial charge < -0.3 is 9.64 Å². The third-order valence-electron chi connectivity index (χ3n) is 5.63. The molecule has 1 spiro atoms. The molecular formula is C19H29N3O2. The SMILES string of the molecule is CCOCC(=O)N1CCC2(CCN(Cc3ccccn3)CC2)CC1. The van der Waals surface area contributed by atoms with Crippen LogP contribution in [-0.2, 0) is 16.1 Å². The number of carbonyl (C=O) groups excluding carboxylic acids is 1. The molecule has 5 nitrogen and oxygen atoms in total. The molecule has 0 N–H and O–H groups in total. The number of hydrogen-bond donors (Lipinski definition) is 0. The van der Waals surface area contributed by atoms with Gasteiger partial charge in [0.2, 0.25) is 5.91 Å². The highest BCUT2D eigenvalue weighted by atomic mass is 16.5. The zero-order valence-corrected chi connectivity index (χ0v) is 14.7. The number of piperidine rings is 2. The predicted octanol–water partition coefficient (Wildman–Crippen LogP) is 2.32. The third kappa shape index (κ3) is 4.33. The number of pyridine rings is 1. The van der Waals surface area contributed by atoms with Gasteiger partial charge in [-0.2, -0.15) is 0 Å². The molecule has 0 unspecified atom stereocenters. The van der Waals surface area contributed by atoms with Gasteiger partial charge in [0.25, 0.3) is 0 Å². The Labute approximate surface area is 145 Å². The number of likely N-dealkylation sites (tertiary alicyclic amines) is 2. The predicted molar refractivity (Wildman–Crippen MR) is 93.5 cm³/mol. The molecule has 0 bridgehead atoms. The molecule has 3 rings (SSSR count). The molecule has 1 amide bonds. The summed E-state index contributed by atoms with van der Waals surface area (Å²) in [5.41, 5.74) is 1.60. The summed E-state index contributed by atoms with van der Waals surface area (Å²) in [6.45, 7) is 7.80. The van der Waals surface area contributed by atoms with Crippen molar-refractivity contribution in [3.63, 3.8) is 0 Å². The molecule has 0 radical (unpaired) electrons. The van der Waals surface area contributed by atoms with E-state index in [0.29, 0.717) is 12.0 Å². The average Bonchev–Trinajstić information content (AvgIpc) is 2.63. The van der Waals surface area contributed by atoms with Gasteiger partial charge in [0, 0.05) is 32.4 Å². The molecule has 132 valence electrons. The van der Waals surface area contributed by atoms with Crippen LogP contribution in [0.1, 0.15) is 38.3 Å². The number of nitrogens with zero attached hydrogens (tertiary/aromatic N) is 3. The lowest BCUT2D eigenvalue weighted by Crippen LogP contribution is -2.48. The summed E-state index contributed by atoms with van der Waals surface area (Å²) in [4.78, 5) is 21.0. The minimum atomic E-state index is 0.152. The highest BCUT2D eigenvalue weighted by Crippen LogP contribution is 2.41. The van der Waals surface area contributed by atoms with Crippen LogP contribution in [0.3, 0.4) is 0 Å². The molecule has 0 atom stereocenters. The van der Waals surface area contributed by atoms with Gasteiger partial charge in [-0.15, -0.1) is 0 Å². The van der Waals surface area contributed by atoms with Gasteiger partial charge in [-0.05, 0) is 63.2 Å². The van der Waals surface area contributed by atoms with E-state index in [1.807, 2.05) is 24.1 Å². The second kappa shape index (κ2) is 8.08. The van der Waals surface area contributed by atoms with Crippen molar-refractivity contribution in [3.05, 3.63) is 30.1 Å². The molecule has 2 fully saturated rings. The van der Waals surface area contributed by atoms with Crippen LogP contribution in [-0.4, -0.2) is 60.1 Å². The molecule has 2 aliphatic rings. The Morgan fingerprint density at radius 3 is 2.50 bits per heavy atom. The highest BCUT2D eigenvalue weighted by molar-refractivity contribution is 5.77. The van der Waals surface area contributed by atoms with E-state index in [4.69, 9.17) is 4.74 Å². The molecule has 2 aliphatic heterocycles. The average molecular weight is 331 g/mol. The Morgan fingerprint density at radius 1 is 1.17 bits per heavy atom. The van der Waals surface area contributed by atoms with E-state index in [1.54, 1.807) is 0 Å². The molecule has 5 heteroatoms. The van der Waals surface area contributed by atoms with Crippen LogP contribution in [0.5, 0.6) is 0 Å². The van der Waals surface area contributed by atoms with Gasteiger partial charge >= 0.3 is 0 Å². The summed E-state index contributed by atoms with van der Waals surface area (Å²) in [5.74, 6) is 0.152. The third-order valence-corrected chi connectivity index (χ3v) is 5.63. The maximum atomic E-state index is 12.1. The number of amides is 1. The Balaban J connectivity index is 1.44. The van der Waals surface area contributed by atoms with Crippen molar-refractivity contribution in [2.45, 2.75) is 39.2 Å². The molecular weight excluding hydrogens is 302 g/mol. The standard InChI is InChI=1S/C19H29N3O2/c1-2-24-16-18(23)22-13-8-19(9-14-22)6-11-21(12-7-19)15-17-5-3-4-10-20-17/h3-5,10H,2,6-9,11-16H2,1H3. The fourth-order valence-corrected chi connectivity index (χ4v) is 3.92. The van der Waals surface area contributed by atoms with Crippen LogP contribution >= 0.6 is 0 Å². The second-order valence-corrected chi connectivity index (χ2v) is 7.12. The summed E-state index contributed by atoms with van der Waals surface area (Å²) >= 11 is 0. The molecule has 3 heterocycles. The van der Waals surface area contributed by atoms with E-state index < -0.39 is 0 Å². The van der Waals surface area contributed by atoms with Crippen LogP contribution in [0.4, 0.5) is 0 Å². The Hall–Kier alpha value is -1.46. The summed E-state index contributed by atoms with van der Waals surface area (Å²) in [5, 5.41) is 0. The Morgan fingerprint density at radius 2 is 1.88 bits per heavy atom. The molecule has 1 aromatic heterocycles. The van der Waals surface area contributed by atoms with Crippen LogP contribution in [0, 0.1) is 5.41 Å². The summed E-state index contributed by atoms with van der Waals surface area (Å²) in [6, 6.07) is 6.13. The highest BCUT2D eigenvalue weighted by Gasteiger charge is 2.38. The summed E-state index contributed by atoms with van der Waals surface area (Å²) in [6.07, 6.45) is 6.64. The van der Waals surface area contributed by atoms with Crippen molar-refractivity contribution in [1.29, 1.82) is 0 Å². The largest absolute Gasteiger partial charge is 0.372 e. The van der Waals surface area contributed by atoms with Crippen LogP contribution in [0.15, 0.2) is 24.4 Å². The summed E-state index contributed by atoms with van der Waals surface area (Å²) < 4.78 is 5.25. The maximum absolute atomic E-state index is 12.1. The number of aromatic nitrogens is 1. The first-order chi connectivity index (χ1) is 11.7. The second-order valence-electron chi connectivity index (χ2n) is 7.12. The van der Waals surface area contributed by atoms with Gasteiger partial charge in [0.1, 0.15) is 6.61 Å². The van der Waals surface area contributed by atoms with Crippen LogP contribution < -0.4 is 0 Å². The number of carbonyl (C=O) groups is 1. The molecule has 0 saturated carbocycles. The number of hydrogen-bond acceptors (Lipinski definition) is 4. The Bertz CT molecular complexity index is 517. The molecule has 0 aromatic carbocycles. The van der Waals surface area contributed by atoms with E-state index in [-0.39, 0.29) is 12.5 Å². The van der Waals surface area contributed by atoms with Gasteiger partial charge in [0.15, 0.2) is 0 Å². The summed E-state index contributed by atoms with van der Waals surface area (Å²) in [7, 11) is 0. The lowest BCUT2D eigenvalue weighted by Gasteiger charge is -2.46. The molecule has 1 aromatic rings. The maximum Gasteiger partial charge on any atom is 0.248 e. The van der Waals surface area contributed by atoms with Crippen LogP contribution in [0.25, 0.3) is 0 Å². The van der Waals surface area contributed by atoms with E-state index in [1.165, 1.54) is 12.8 Å². The first-order valence-corrected chi connectivity index (χ1v) is 9.19. The smallest absolute Gasteiger partial charge is 0.248 e. The van der Waals surface area contributed by atoms with E-state index in [0.717, 1.165) is 51.3 Å². The van der Waals surface area contributed by atoms with E-state index in [9.17, 15) is 4.79 Å². The van der Waals surface area contributed by atoms with Crippen LogP contribution in [0.2, 0.25) is 0 Å². The van der Waals surface area contributed by atoms with E-state index in [2.05, 4.69) is 22.0 Å². The van der Waals surface area contributed by atoms with Crippen molar-refractivity contribution < 1.29 is 9.53 Å². The molecule has 0 aliphatic carbocycles. The topological polar surface area (TPSA) is 45.7 Å². The number of rotatable bonds is 5. The minimum Gasteiger partial charge on any atom is -0.372 e. The lowest BCUT2D eigenvalue weighted by molar-refractivity contribution is -0.138. The fraction of sp³-hybridized carbons (Fsp3) is 0.684. The van der Waals surface area contributed by atoms with Gasteiger partial charge in [-0.3, -0.25) is 14.7 Å². The van der Waals surface area contributed by atoms with Crippen molar-refractivity contribution in [1.82, 2.24) is 14.8 Å². The van der Waals surface area contributed by atoms with Crippen molar-refractivity contribution in [2.24, 2.45) is 5.41 Å². The van der Waals surface area contributed by atoms with E-state index >= 15 is 0 Å². The monoisotopic (exact) mass is 331 g/mol. The van der Waals surface area contributed by atoms with Gasteiger partial charge in [-0.25, -0.2) is 0 Å². The van der Waals surface area contributed by atoms with Crippen molar-refractivity contribution in [2.75, 3.05) is 39.4 Å². The number of ether oxygens (including phenoxy) is 1. The normalized spacial score (nSPS) is 21.1. The zero-order valence-electron chi connectivity index (χ0n) is 14.7. The molecule has 2 saturated heterocycles. The fourth-order valence-electron chi connectivity index (χ4n) is 3.92.